The molecule has 1 aromatic heterocycles. The lowest BCUT2D eigenvalue weighted by molar-refractivity contribution is -0.122. The van der Waals surface area contributed by atoms with Gasteiger partial charge in [0.2, 0.25) is 5.91 Å². The Labute approximate surface area is 184 Å². The highest BCUT2D eigenvalue weighted by Crippen LogP contribution is 2.30. The number of carbonyl (C=O) groups excluding carboxylic acids is 1. The van der Waals surface area contributed by atoms with Crippen molar-refractivity contribution in [1.29, 1.82) is 0 Å². The van der Waals surface area contributed by atoms with Gasteiger partial charge in [-0.1, -0.05) is 79.1 Å². The van der Waals surface area contributed by atoms with E-state index in [1.807, 2.05) is 42.7 Å². The lowest BCUT2D eigenvalue weighted by atomic mass is 10.1. The maximum Gasteiger partial charge on any atom is 0.220 e. The van der Waals surface area contributed by atoms with E-state index >= 15 is 0 Å². The standard InChI is InChI=1S/C21H22Cl2N4OS/c1-14(2)10-20(28)24-12-19-25-26-21(29-13-15-6-4-3-5-7-15)27(19)18-9-8-16(22)11-17(18)23/h3-9,11,14H,10,12-13H2,1-2H3,(H,24,28). The summed E-state index contributed by atoms with van der Waals surface area (Å²) in [4.78, 5) is 12.1. The summed E-state index contributed by atoms with van der Waals surface area (Å²) < 4.78 is 1.88. The molecule has 1 heterocycles. The highest BCUT2D eigenvalue weighted by atomic mass is 35.5. The first kappa shape index (κ1) is 21.7. The molecule has 0 spiro atoms. The van der Waals surface area contributed by atoms with Gasteiger partial charge in [0, 0.05) is 17.2 Å². The third kappa shape index (κ3) is 5.98. The van der Waals surface area contributed by atoms with Gasteiger partial charge in [-0.05, 0) is 29.7 Å². The summed E-state index contributed by atoms with van der Waals surface area (Å²) in [5.74, 6) is 1.62. The molecule has 0 aliphatic rings. The number of thioether (sulfide) groups is 1. The van der Waals surface area contributed by atoms with E-state index in [9.17, 15) is 4.79 Å². The minimum Gasteiger partial charge on any atom is -0.349 e. The van der Waals surface area contributed by atoms with E-state index in [0.717, 1.165) is 11.4 Å². The van der Waals surface area contributed by atoms with E-state index in [4.69, 9.17) is 23.2 Å². The zero-order valence-electron chi connectivity index (χ0n) is 16.2. The Morgan fingerprint density at radius 3 is 2.59 bits per heavy atom. The minimum atomic E-state index is -0.0183. The van der Waals surface area contributed by atoms with E-state index in [-0.39, 0.29) is 18.4 Å². The molecule has 0 unspecified atom stereocenters. The van der Waals surface area contributed by atoms with E-state index in [1.165, 1.54) is 5.56 Å². The second kappa shape index (κ2) is 10.1. The van der Waals surface area contributed by atoms with Gasteiger partial charge in [-0.15, -0.1) is 10.2 Å². The Bertz CT molecular complexity index is 976. The maximum atomic E-state index is 12.1. The number of halogens is 2. The summed E-state index contributed by atoms with van der Waals surface area (Å²) in [6, 6.07) is 15.4. The van der Waals surface area contributed by atoms with Gasteiger partial charge in [-0.25, -0.2) is 0 Å². The Hall–Kier alpha value is -2.02. The average Bonchev–Trinajstić information content (AvgIpc) is 3.08. The Morgan fingerprint density at radius 2 is 1.90 bits per heavy atom. The number of nitrogens with zero attached hydrogens (tertiary/aromatic N) is 3. The molecule has 0 saturated heterocycles. The number of hydrogen-bond donors (Lipinski definition) is 1. The Morgan fingerprint density at radius 1 is 1.14 bits per heavy atom. The van der Waals surface area contributed by atoms with E-state index in [2.05, 4.69) is 27.6 Å². The summed E-state index contributed by atoms with van der Waals surface area (Å²) >= 11 is 14.1. The predicted molar refractivity (Wildman–Crippen MR) is 119 cm³/mol. The second-order valence-corrected chi connectivity index (χ2v) is 8.77. The number of hydrogen-bond acceptors (Lipinski definition) is 4. The van der Waals surface area contributed by atoms with Gasteiger partial charge >= 0.3 is 0 Å². The predicted octanol–water partition coefficient (Wildman–Crippen LogP) is 5.53. The lowest BCUT2D eigenvalue weighted by Gasteiger charge is -2.13. The van der Waals surface area contributed by atoms with Crippen molar-refractivity contribution >= 4 is 40.9 Å². The first-order valence-electron chi connectivity index (χ1n) is 9.27. The van der Waals surface area contributed by atoms with Crippen LogP contribution in [0.3, 0.4) is 0 Å². The van der Waals surface area contributed by atoms with Crippen LogP contribution < -0.4 is 5.32 Å². The fraction of sp³-hybridized carbons (Fsp3) is 0.286. The molecule has 5 nitrogen and oxygen atoms in total. The van der Waals surface area contributed by atoms with Gasteiger partial charge in [0.05, 0.1) is 17.3 Å². The lowest BCUT2D eigenvalue weighted by Crippen LogP contribution is -2.25. The van der Waals surface area contributed by atoms with Crippen molar-refractivity contribution in [3.8, 4) is 5.69 Å². The largest absolute Gasteiger partial charge is 0.349 e. The van der Waals surface area contributed by atoms with Crippen LogP contribution in [0.4, 0.5) is 0 Å². The van der Waals surface area contributed by atoms with E-state index in [1.54, 1.807) is 23.9 Å². The van der Waals surface area contributed by atoms with Crippen molar-refractivity contribution < 1.29 is 4.79 Å². The van der Waals surface area contributed by atoms with Crippen LogP contribution in [0.2, 0.25) is 10.0 Å². The summed E-state index contributed by atoms with van der Waals surface area (Å²) in [5, 5.41) is 13.3. The fourth-order valence-corrected chi connectivity index (χ4v) is 4.17. The Kier molecular flexibility index (Phi) is 7.58. The highest BCUT2D eigenvalue weighted by molar-refractivity contribution is 7.98. The number of nitrogens with one attached hydrogen (secondary N) is 1. The topological polar surface area (TPSA) is 59.8 Å². The van der Waals surface area contributed by atoms with Crippen LogP contribution >= 0.6 is 35.0 Å². The van der Waals surface area contributed by atoms with Gasteiger partial charge in [0.25, 0.3) is 0 Å². The molecular weight excluding hydrogens is 427 g/mol. The van der Waals surface area contributed by atoms with Crippen molar-refractivity contribution in [3.63, 3.8) is 0 Å². The van der Waals surface area contributed by atoms with E-state index in [0.29, 0.717) is 27.4 Å². The molecule has 3 rings (SSSR count). The third-order valence-electron chi connectivity index (χ3n) is 4.10. The smallest absolute Gasteiger partial charge is 0.220 e. The zero-order valence-corrected chi connectivity index (χ0v) is 18.6. The number of rotatable bonds is 8. The van der Waals surface area contributed by atoms with Gasteiger partial charge in [-0.2, -0.15) is 0 Å². The molecular formula is C21H22Cl2N4OS. The molecule has 1 N–H and O–H groups in total. The van der Waals surface area contributed by atoms with Crippen molar-refractivity contribution in [2.24, 2.45) is 5.92 Å². The quantitative estimate of drug-likeness (QED) is 0.460. The summed E-state index contributed by atoms with van der Waals surface area (Å²) in [5.41, 5.74) is 1.91. The summed E-state index contributed by atoms with van der Waals surface area (Å²) in [6.45, 7) is 4.28. The van der Waals surface area contributed by atoms with Crippen molar-refractivity contribution in [3.05, 3.63) is 70.0 Å². The number of benzene rings is 2. The molecule has 3 aromatic rings. The molecule has 0 radical (unpaired) electrons. The van der Waals surface area contributed by atoms with E-state index < -0.39 is 0 Å². The average molecular weight is 449 g/mol. The third-order valence-corrected chi connectivity index (χ3v) is 5.64. The molecule has 8 heteroatoms. The molecule has 0 saturated carbocycles. The van der Waals surface area contributed by atoms with Crippen molar-refractivity contribution in [2.75, 3.05) is 0 Å². The molecule has 1 amide bonds. The number of aromatic nitrogens is 3. The van der Waals surface area contributed by atoms with Crippen LogP contribution in [0, 0.1) is 5.92 Å². The van der Waals surface area contributed by atoms with Gasteiger partial charge in [0.1, 0.15) is 0 Å². The first-order chi connectivity index (χ1) is 13.9. The molecule has 0 aliphatic carbocycles. The zero-order chi connectivity index (χ0) is 20.8. The highest BCUT2D eigenvalue weighted by Gasteiger charge is 2.18. The summed E-state index contributed by atoms with van der Waals surface area (Å²) in [7, 11) is 0. The van der Waals surface area contributed by atoms with Crippen molar-refractivity contribution in [1.82, 2.24) is 20.1 Å². The van der Waals surface area contributed by atoms with Crippen molar-refractivity contribution in [2.45, 2.75) is 37.7 Å². The normalized spacial score (nSPS) is 11.1. The van der Waals surface area contributed by atoms with Crippen LogP contribution in [0.5, 0.6) is 0 Å². The monoisotopic (exact) mass is 448 g/mol. The molecule has 0 atom stereocenters. The Balaban J connectivity index is 1.87. The van der Waals surface area contributed by atoms with Crippen LogP contribution in [0.1, 0.15) is 31.7 Å². The second-order valence-electron chi connectivity index (χ2n) is 6.98. The van der Waals surface area contributed by atoms with Gasteiger partial charge in [0.15, 0.2) is 11.0 Å². The molecule has 0 bridgehead atoms. The minimum absolute atomic E-state index is 0.0183. The van der Waals surface area contributed by atoms with Crippen LogP contribution in [0.15, 0.2) is 53.7 Å². The number of carbonyl (C=O) groups is 1. The van der Waals surface area contributed by atoms with Crippen LogP contribution in [0.25, 0.3) is 5.69 Å². The molecule has 2 aromatic carbocycles. The maximum absolute atomic E-state index is 12.1. The van der Waals surface area contributed by atoms with Gasteiger partial charge in [-0.3, -0.25) is 9.36 Å². The fourth-order valence-electron chi connectivity index (χ4n) is 2.76. The molecule has 29 heavy (non-hydrogen) atoms. The molecule has 0 fully saturated rings. The molecule has 0 aliphatic heterocycles. The van der Waals surface area contributed by atoms with Crippen LogP contribution in [-0.4, -0.2) is 20.7 Å². The molecule has 152 valence electrons. The van der Waals surface area contributed by atoms with Crippen LogP contribution in [-0.2, 0) is 17.1 Å². The first-order valence-corrected chi connectivity index (χ1v) is 11.0. The SMILES string of the molecule is CC(C)CC(=O)NCc1nnc(SCc2ccccc2)n1-c1ccc(Cl)cc1Cl. The number of amides is 1. The van der Waals surface area contributed by atoms with Gasteiger partial charge < -0.3 is 5.32 Å². The summed E-state index contributed by atoms with van der Waals surface area (Å²) in [6.07, 6.45) is 0.464.